The molecule has 3 rings (SSSR count). The van der Waals surface area contributed by atoms with E-state index in [0.717, 1.165) is 12.1 Å². The zero-order valence-electron chi connectivity index (χ0n) is 14.1. The van der Waals surface area contributed by atoms with Gasteiger partial charge in [0, 0.05) is 27.3 Å². The fourth-order valence-corrected chi connectivity index (χ4v) is 2.93. The highest BCUT2D eigenvalue weighted by Crippen LogP contribution is 2.37. The second-order valence-corrected chi connectivity index (χ2v) is 6.09. The molecule has 140 valence electrons. The fraction of sp³-hybridized carbons (Fsp3) is 0.0476. The predicted molar refractivity (Wildman–Crippen MR) is 98.1 cm³/mol. The average Bonchev–Trinajstić information content (AvgIpc) is 2.70. The summed E-state index contributed by atoms with van der Waals surface area (Å²) in [4.78, 5) is 12.7. The Morgan fingerprint density at radius 2 is 1.75 bits per heavy atom. The van der Waals surface area contributed by atoms with Crippen molar-refractivity contribution >= 4 is 17.4 Å². The second kappa shape index (κ2) is 8.15. The van der Waals surface area contributed by atoms with Crippen molar-refractivity contribution in [2.24, 2.45) is 0 Å². The summed E-state index contributed by atoms with van der Waals surface area (Å²) in [5.74, 6) is -2.22. The second-order valence-electron chi connectivity index (χ2n) is 5.68. The minimum atomic E-state index is -3.24. The lowest BCUT2D eigenvalue weighted by Crippen LogP contribution is -2.06. The lowest BCUT2D eigenvalue weighted by Gasteiger charge is -2.13. The maximum absolute atomic E-state index is 14.8. The van der Waals surface area contributed by atoms with Gasteiger partial charge in [-0.2, -0.15) is 14.0 Å². The molecule has 0 aliphatic rings. The molecule has 0 aliphatic carbocycles. The van der Waals surface area contributed by atoms with Crippen molar-refractivity contribution in [2.45, 2.75) is 6.61 Å². The van der Waals surface area contributed by atoms with Gasteiger partial charge in [0.1, 0.15) is 0 Å². The van der Waals surface area contributed by atoms with Gasteiger partial charge in [-0.05, 0) is 30.3 Å². The van der Waals surface area contributed by atoms with E-state index < -0.39 is 18.2 Å². The third kappa shape index (κ3) is 3.85. The Kier molecular flexibility index (Phi) is 5.67. The maximum Gasteiger partial charge on any atom is 0.387 e. The molecule has 3 aromatic rings. The lowest BCUT2D eigenvalue weighted by atomic mass is 9.95. The minimum absolute atomic E-state index is 0.0252. The first-order valence-electron chi connectivity index (χ1n) is 7.99. The first-order chi connectivity index (χ1) is 13.4. The third-order valence-corrected chi connectivity index (χ3v) is 4.31. The summed E-state index contributed by atoms with van der Waals surface area (Å²) in [5.41, 5.74) is 0.191. The van der Waals surface area contributed by atoms with Gasteiger partial charge in [-0.15, -0.1) is 0 Å². The van der Waals surface area contributed by atoms with E-state index in [1.807, 2.05) is 0 Å². The SMILES string of the molecule is N#Cc1ccc(OC(F)F)c(F)c1-c1cc(C(=O)c2ccccc2)ccc1Cl. The van der Waals surface area contributed by atoms with Crippen LogP contribution in [-0.4, -0.2) is 12.4 Å². The average molecular weight is 402 g/mol. The predicted octanol–water partition coefficient (Wildman–Crippen LogP) is 5.85. The van der Waals surface area contributed by atoms with Crippen LogP contribution in [0.2, 0.25) is 5.02 Å². The molecule has 0 unspecified atom stereocenters. The quantitative estimate of drug-likeness (QED) is 0.504. The van der Waals surface area contributed by atoms with Gasteiger partial charge in [-0.3, -0.25) is 4.79 Å². The Hall–Kier alpha value is -3.30. The Bertz CT molecular complexity index is 1080. The van der Waals surface area contributed by atoms with Gasteiger partial charge in [0.05, 0.1) is 11.6 Å². The highest BCUT2D eigenvalue weighted by atomic mass is 35.5. The van der Waals surface area contributed by atoms with Crippen LogP contribution in [0.4, 0.5) is 13.2 Å². The van der Waals surface area contributed by atoms with Crippen molar-refractivity contribution in [3.8, 4) is 22.9 Å². The van der Waals surface area contributed by atoms with Gasteiger partial charge in [0.25, 0.3) is 0 Å². The molecule has 0 aromatic heterocycles. The Balaban J connectivity index is 2.16. The molecule has 0 N–H and O–H groups in total. The molecule has 0 saturated carbocycles. The smallest absolute Gasteiger partial charge is 0.387 e. The number of rotatable bonds is 5. The first-order valence-corrected chi connectivity index (χ1v) is 8.37. The minimum Gasteiger partial charge on any atom is -0.432 e. The molecule has 0 spiro atoms. The molecule has 0 atom stereocenters. The number of carbonyl (C=O) groups excluding carboxylic acids is 1. The number of halogens is 4. The van der Waals surface area contributed by atoms with Crippen molar-refractivity contribution in [1.82, 2.24) is 0 Å². The standard InChI is InChI=1S/C21H11ClF3NO2/c22-16-8-6-13(20(27)12-4-2-1-3-5-12)10-15(16)18-14(11-26)7-9-17(19(18)23)28-21(24)25/h1-10,21H. The van der Waals surface area contributed by atoms with Crippen LogP contribution in [0.5, 0.6) is 5.75 Å². The molecule has 0 heterocycles. The van der Waals surface area contributed by atoms with Crippen LogP contribution in [0.1, 0.15) is 21.5 Å². The van der Waals surface area contributed by atoms with Gasteiger partial charge in [-0.25, -0.2) is 4.39 Å². The summed E-state index contributed by atoms with van der Waals surface area (Å²) in [7, 11) is 0. The molecule has 0 amide bonds. The number of alkyl halides is 2. The number of ketones is 1. The zero-order chi connectivity index (χ0) is 20.3. The molecule has 28 heavy (non-hydrogen) atoms. The Labute approximate surface area is 163 Å². The molecule has 7 heteroatoms. The normalized spacial score (nSPS) is 10.6. The number of hydrogen-bond acceptors (Lipinski definition) is 3. The van der Waals surface area contributed by atoms with Crippen LogP contribution in [-0.2, 0) is 0 Å². The Morgan fingerprint density at radius 3 is 2.39 bits per heavy atom. The van der Waals surface area contributed by atoms with Gasteiger partial charge in [-0.1, -0.05) is 41.9 Å². The van der Waals surface area contributed by atoms with E-state index in [9.17, 15) is 23.2 Å². The highest BCUT2D eigenvalue weighted by molar-refractivity contribution is 6.33. The van der Waals surface area contributed by atoms with Crippen LogP contribution in [0.15, 0.2) is 60.7 Å². The molecule has 0 bridgehead atoms. The van der Waals surface area contributed by atoms with Crippen molar-refractivity contribution in [3.05, 3.63) is 88.2 Å². The van der Waals surface area contributed by atoms with Gasteiger partial charge in [0.2, 0.25) is 0 Å². The fourth-order valence-electron chi connectivity index (χ4n) is 2.71. The molecule has 3 aromatic carbocycles. The van der Waals surface area contributed by atoms with Gasteiger partial charge in [0.15, 0.2) is 17.3 Å². The number of hydrogen-bond donors (Lipinski definition) is 0. The molecule has 0 radical (unpaired) electrons. The molecule has 0 saturated heterocycles. The number of nitriles is 1. The van der Waals surface area contributed by atoms with Crippen molar-refractivity contribution < 1.29 is 22.7 Å². The van der Waals surface area contributed by atoms with Crippen LogP contribution in [0.25, 0.3) is 11.1 Å². The molecular formula is C21H11ClF3NO2. The topological polar surface area (TPSA) is 50.1 Å². The maximum atomic E-state index is 14.8. The van der Waals surface area contributed by atoms with Crippen LogP contribution in [0.3, 0.4) is 0 Å². The summed E-state index contributed by atoms with van der Waals surface area (Å²) in [6.45, 7) is -3.24. The number of benzene rings is 3. The van der Waals surface area contributed by atoms with Crippen molar-refractivity contribution in [2.75, 3.05) is 0 Å². The van der Waals surface area contributed by atoms with Crippen LogP contribution < -0.4 is 4.74 Å². The lowest BCUT2D eigenvalue weighted by molar-refractivity contribution is -0.0521. The summed E-state index contributed by atoms with van der Waals surface area (Å²) in [6.07, 6.45) is 0. The van der Waals surface area contributed by atoms with Crippen LogP contribution in [0, 0.1) is 17.1 Å². The number of nitrogens with zero attached hydrogens (tertiary/aromatic N) is 1. The van der Waals surface area contributed by atoms with E-state index in [1.165, 1.54) is 18.2 Å². The van der Waals surface area contributed by atoms with E-state index in [1.54, 1.807) is 36.4 Å². The summed E-state index contributed by atoms with van der Waals surface area (Å²) >= 11 is 6.16. The zero-order valence-corrected chi connectivity index (χ0v) is 14.9. The third-order valence-electron chi connectivity index (χ3n) is 3.98. The van der Waals surface area contributed by atoms with Gasteiger partial charge < -0.3 is 4.74 Å². The van der Waals surface area contributed by atoms with Crippen molar-refractivity contribution in [1.29, 1.82) is 5.26 Å². The Morgan fingerprint density at radius 1 is 1.04 bits per heavy atom. The van der Waals surface area contributed by atoms with E-state index >= 15 is 0 Å². The summed E-state index contributed by atoms with van der Waals surface area (Å²) in [6, 6.07) is 16.4. The number of ether oxygens (including phenoxy) is 1. The van der Waals surface area contributed by atoms with E-state index in [0.29, 0.717) is 5.56 Å². The van der Waals surface area contributed by atoms with Gasteiger partial charge >= 0.3 is 6.61 Å². The van der Waals surface area contributed by atoms with E-state index in [-0.39, 0.29) is 33.1 Å². The molecule has 0 aliphatic heterocycles. The van der Waals surface area contributed by atoms with Crippen LogP contribution >= 0.6 is 11.6 Å². The summed E-state index contributed by atoms with van der Waals surface area (Å²) in [5, 5.41) is 9.36. The highest BCUT2D eigenvalue weighted by Gasteiger charge is 2.22. The molecule has 0 fully saturated rings. The monoisotopic (exact) mass is 401 g/mol. The first kappa shape index (κ1) is 19.5. The largest absolute Gasteiger partial charge is 0.432 e. The van der Waals surface area contributed by atoms with E-state index in [4.69, 9.17) is 11.6 Å². The summed E-state index contributed by atoms with van der Waals surface area (Å²) < 4.78 is 44.1. The van der Waals surface area contributed by atoms with Crippen molar-refractivity contribution in [3.63, 3.8) is 0 Å². The number of carbonyl (C=O) groups is 1. The molecule has 3 nitrogen and oxygen atoms in total. The molecular weight excluding hydrogens is 391 g/mol. The van der Waals surface area contributed by atoms with E-state index in [2.05, 4.69) is 4.74 Å².